The number of rotatable bonds is 5. The summed E-state index contributed by atoms with van der Waals surface area (Å²) in [7, 11) is 0. The van der Waals surface area contributed by atoms with Gasteiger partial charge in [-0.2, -0.15) is 0 Å². The average Bonchev–Trinajstić information content (AvgIpc) is 2.85. The van der Waals surface area contributed by atoms with Crippen LogP contribution in [0, 0.1) is 11.8 Å². The zero-order valence-electron chi connectivity index (χ0n) is 11.8. The van der Waals surface area contributed by atoms with Crippen LogP contribution in [0.3, 0.4) is 0 Å². The van der Waals surface area contributed by atoms with Crippen molar-refractivity contribution in [2.24, 2.45) is 21.8 Å². The lowest BCUT2D eigenvalue weighted by Gasteiger charge is -2.15. The molecule has 0 aromatic carbocycles. The fraction of sp³-hybridized carbons (Fsp3) is 0.857. The average molecular weight is 252 g/mol. The number of hydrogen-bond donors (Lipinski definition) is 0. The molecule has 2 rings (SSSR count). The van der Waals surface area contributed by atoms with Gasteiger partial charge in [-0.15, -0.1) is 0 Å². The standard InChI is InChI=1S/C14H24N2O2/c1-9(2)5-11-7-15-13(17-11)14-16-8-12(18-14)6-10(3)4/h9-12H,5-8H2,1-4H3/t11-,12?/m1/s1. The fourth-order valence-electron chi connectivity index (χ4n) is 2.37. The van der Waals surface area contributed by atoms with Crippen LogP contribution in [0.5, 0.6) is 0 Å². The minimum absolute atomic E-state index is 0.204. The molecule has 2 atom stereocenters. The quantitative estimate of drug-likeness (QED) is 0.755. The minimum atomic E-state index is 0.204. The third-order valence-electron chi connectivity index (χ3n) is 3.09. The van der Waals surface area contributed by atoms with Crippen LogP contribution in [-0.2, 0) is 9.47 Å². The Kier molecular flexibility index (Phi) is 4.25. The maximum atomic E-state index is 5.80. The van der Waals surface area contributed by atoms with Gasteiger partial charge in [-0.25, -0.2) is 9.98 Å². The van der Waals surface area contributed by atoms with Crippen LogP contribution in [0.15, 0.2) is 9.98 Å². The van der Waals surface area contributed by atoms with E-state index in [0.717, 1.165) is 25.9 Å². The van der Waals surface area contributed by atoms with Gasteiger partial charge in [0.05, 0.1) is 13.1 Å². The molecule has 0 spiro atoms. The molecule has 2 aliphatic rings. The Bertz CT molecular complexity index is 314. The first-order valence-electron chi connectivity index (χ1n) is 6.97. The molecule has 0 radical (unpaired) electrons. The van der Waals surface area contributed by atoms with Gasteiger partial charge in [0.1, 0.15) is 12.2 Å². The Morgan fingerprint density at radius 1 is 0.889 bits per heavy atom. The summed E-state index contributed by atoms with van der Waals surface area (Å²) in [6, 6.07) is 0. The first-order valence-corrected chi connectivity index (χ1v) is 6.97. The maximum Gasteiger partial charge on any atom is 0.273 e. The predicted molar refractivity (Wildman–Crippen MR) is 73.3 cm³/mol. The molecule has 0 aliphatic carbocycles. The molecule has 0 aromatic rings. The molecule has 0 amide bonds. The Morgan fingerprint density at radius 2 is 1.28 bits per heavy atom. The van der Waals surface area contributed by atoms with Crippen molar-refractivity contribution in [3.63, 3.8) is 0 Å². The molecule has 2 aliphatic heterocycles. The third-order valence-corrected chi connectivity index (χ3v) is 3.09. The van der Waals surface area contributed by atoms with Crippen LogP contribution in [0.25, 0.3) is 0 Å². The Balaban J connectivity index is 1.81. The van der Waals surface area contributed by atoms with Crippen LogP contribution in [0.4, 0.5) is 0 Å². The van der Waals surface area contributed by atoms with Gasteiger partial charge >= 0.3 is 0 Å². The van der Waals surface area contributed by atoms with Gasteiger partial charge in [0, 0.05) is 0 Å². The number of aliphatic imine (C=N–C) groups is 2. The van der Waals surface area contributed by atoms with Gasteiger partial charge in [-0.1, -0.05) is 27.7 Å². The maximum absolute atomic E-state index is 5.80. The number of hydrogen-bond acceptors (Lipinski definition) is 4. The van der Waals surface area contributed by atoms with E-state index in [2.05, 4.69) is 37.7 Å². The van der Waals surface area contributed by atoms with E-state index in [1.54, 1.807) is 0 Å². The molecule has 0 saturated heterocycles. The van der Waals surface area contributed by atoms with Crippen molar-refractivity contribution in [1.82, 2.24) is 0 Å². The topological polar surface area (TPSA) is 43.2 Å². The van der Waals surface area contributed by atoms with Crippen LogP contribution >= 0.6 is 0 Å². The molecular weight excluding hydrogens is 228 g/mol. The molecule has 4 heteroatoms. The molecule has 102 valence electrons. The Labute approximate surface area is 109 Å². The van der Waals surface area contributed by atoms with Gasteiger partial charge in [-0.3, -0.25) is 0 Å². The summed E-state index contributed by atoms with van der Waals surface area (Å²) in [4.78, 5) is 8.81. The SMILES string of the molecule is CC(C)CC1CN=C(C2=NC[C@@H](CC(C)C)O2)O1. The molecule has 1 unspecified atom stereocenters. The lowest BCUT2D eigenvalue weighted by Crippen LogP contribution is -2.23. The fourth-order valence-corrected chi connectivity index (χ4v) is 2.37. The van der Waals surface area contributed by atoms with Crippen LogP contribution < -0.4 is 0 Å². The van der Waals surface area contributed by atoms with E-state index in [1.807, 2.05) is 0 Å². The minimum Gasteiger partial charge on any atom is -0.469 e. The van der Waals surface area contributed by atoms with E-state index >= 15 is 0 Å². The third kappa shape index (κ3) is 3.47. The second kappa shape index (κ2) is 5.72. The van der Waals surface area contributed by atoms with Gasteiger partial charge in [0.15, 0.2) is 0 Å². The largest absolute Gasteiger partial charge is 0.469 e. The van der Waals surface area contributed by atoms with Gasteiger partial charge in [0.25, 0.3) is 11.8 Å². The van der Waals surface area contributed by atoms with Gasteiger partial charge in [0.2, 0.25) is 0 Å². The predicted octanol–water partition coefficient (Wildman–Crippen LogP) is 2.67. The van der Waals surface area contributed by atoms with E-state index in [0.29, 0.717) is 23.6 Å². The van der Waals surface area contributed by atoms with Crippen molar-refractivity contribution in [2.75, 3.05) is 13.1 Å². The van der Waals surface area contributed by atoms with Crippen molar-refractivity contribution in [3.05, 3.63) is 0 Å². The van der Waals surface area contributed by atoms with Crippen LogP contribution in [-0.4, -0.2) is 37.1 Å². The highest BCUT2D eigenvalue weighted by molar-refractivity contribution is 6.36. The van der Waals surface area contributed by atoms with E-state index in [-0.39, 0.29) is 12.2 Å². The summed E-state index contributed by atoms with van der Waals surface area (Å²) in [5, 5.41) is 0. The summed E-state index contributed by atoms with van der Waals surface area (Å²) in [6.07, 6.45) is 2.48. The second-order valence-electron chi connectivity index (χ2n) is 6.03. The lowest BCUT2D eigenvalue weighted by molar-refractivity contribution is 0.176. The van der Waals surface area contributed by atoms with Crippen molar-refractivity contribution < 1.29 is 9.47 Å². The van der Waals surface area contributed by atoms with E-state index in [1.165, 1.54) is 0 Å². The van der Waals surface area contributed by atoms with Gasteiger partial charge in [-0.05, 0) is 24.7 Å². The van der Waals surface area contributed by atoms with Gasteiger partial charge < -0.3 is 9.47 Å². The van der Waals surface area contributed by atoms with Crippen LogP contribution in [0.1, 0.15) is 40.5 Å². The van der Waals surface area contributed by atoms with Crippen molar-refractivity contribution in [2.45, 2.75) is 52.7 Å². The van der Waals surface area contributed by atoms with E-state index in [9.17, 15) is 0 Å². The second-order valence-corrected chi connectivity index (χ2v) is 6.03. The first kappa shape index (κ1) is 13.4. The zero-order chi connectivity index (χ0) is 13.1. The summed E-state index contributed by atoms with van der Waals surface area (Å²) < 4.78 is 11.6. The molecule has 0 N–H and O–H groups in total. The molecular formula is C14H24N2O2. The highest BCUT2D eigenvalue weighted by Crippen LogP contribution is 2.19. The molecule has 0 aromatic heterocycles. The number of nitrogens with zero attached hydrogens (tertiary/aromatic N) is 2. The summed E-state index contributed by atoms with van der Waals surface area (Å²) in [6.45, 7) is 10.3. The molecule has 2 heterocycles. The first-order chi connectivity index (χ1) is 8.54. The monoisotopic (exact) mass is 252 g/mol. The van der Waals surface area contributed by atoms with Crippen molar-refractivity contribution >= 4 is 11.8 Å². The van der Waals surface area contributed by atoms with E-state index in [4.69, 9.17) is 9.47 Å². The highest BCUT2D eigenvalue weighted by atomic mass is 16.6. The molecule has 4 nitrogen and oxygen atoms in total. The summed E-state index contributed by atoms with van der Waals surface area (Å²) in [5.74, 6) is 2.49. The molecule has 0 bridgehead atoms. The highest BCUT2D eigenvalue weighted by Gasteiger charge is 2.30. The van der Waals surface area contributed by atoms with E-state index < -0.39 is 0 Å². The normalized spacial score (nSPS) is 27.2. The summed E-state index contributed by atoms with van der Waals surface area (Å²) >= 11 is 0. The zero-order valence-corrected chi connectivity index (χ0v) is 11.8. The van der Waals surface area contributed by atoms with Crippen molar-refractivity contribution in [3.8, 4) is 0 Å². The smallest absolute Gasteiger partial charge is 0.273 e. The Morgan fingerprint density at radius 3 is 1.61 bits per heavy atom. The lowest BCUT2D eigenvalue weighted by atomic mass is 10.1. The summed E-state index contributed by atoms with van der Waals surface area (Å²) in [5.41, 5.74) is 0. The molecule has 0 fully saturated rings. The van der Waals surface area contributed by atoms with Crippen LogP contribution in [0.2, 0.25) is 0 Å². The van der Waals surface area contributed by atoms with Crippen molar-refractivity contribution in [1.29, 1.82) is 0 Å². The molecule has 18 heavy (non-hydrogen) atoms. The Hall–Kier alpha value is -1.06. The molecule has 0 saturated carbocycles. The number of ether oxygens (including phenoxy) is 2.